The van der Waals surface area contributed by atoms with Crippen molar-refractivity contribution >= 4 is 0 Å². The van der Waals surface area contributed by atoms with E-state index in [1.54, 1.807) is 0 Å². The molecule has 1 aliphatic rings. The van der Waals surface area contributed by atoms with E-state index in [9.17, 15) is 0 Å². The fourth-order valence-corrected chi connectivity index (χ4v) is 1.53. The first kappa shape index (κ1) is 9.54. The van der Waals surface area contributed by atoms with Gasteiger partial charge in [-0.05, 0) is 19.3 Å². The number of hydrogen-bond acceptors (Lipinski definition) is 5. The Kier molecular flexibility index (Phi) is 3.05. The van der Waals surface area contributed by atoms with Crippen LogP contribution in [0.2, 0.25) is 0 Å². The lowest BCUT2D eigenvalue weighted by Crippen LogP contribution is -2.26. The fourth-order valence-electron chi connectivity index (χ4n) is 1.53. The highest BCUT2D eigenvalue weighted by molar-refractivity contribution is 4.86. The molecule has 2 atom stereocenters. The van der Waals surface area contributed by atoms with Crippen LogP contribution in [0, 0.1) is 5.92 Å². The molecule has 1 aliphatic heterocycles. The smallest absolute Gasteiger partial charge is 0.191 e. The Labute approximate surface area is 82.4 Å². The summed E-state index contributed by atoms with van der Waals surface area (Å²) in [6.45, 7) is 4.74. The summed E-state index contributed by atoms with van der Waals surface area (Å²) in [5, 5.41) is 17.2. The highest BCUT2D eigenvalue weighted by Gasteiger charge is 2.17. The fraction of sp³-hybridized carbons (Fsp3) is 0.875. The number of aromatic nitrogens is 4. The second-order valence-electron chi connectivity index (χ2n) is 3.63. The van der Waals surface area contributed by atoms with Gasteiger partial charge in [-0.25, -0.2) is 0 Å². The van der Waals surface area contributed by atoms with Gasteiger partial charge < -0.3 is 10.1 Å². The van der Waals surface area contributed by atoms with Crippen LogP contribution in [0.5, 0.6) is 0 Å². The van der Waals surface area contributed by atoms with Gasteiger partial charge in [0.25, 0.3) is 0 Å². The van der Waals surface area contributed by atoms with Gasteiger partial charge in [-0.1, -0.05) is 5.21 Å². The highest BCUT2D eigenvalue weighted by atomic mass is 16.5. The van der Waals surface area contributed by atoms with E-state index in [1.165, 1.54) is 0 Å². The molecule has 0 spiro atoms. The Hall–Kier alpha value is -1.01. The molecule has 14 heavy (non-hydrogen) atoms. The van der Waals surface area contributed by atoms with Crippen molar-refractivity contribution in [1.82, 2.24) is 25.9 Å². The molecule has 0 amide bonds. The summed E-state index contributed by atoms with van der Waals surface area (Å²) in [6, 6.07) is 0.148. The van der Waals surface area contributed by atoms with Gasteiger partial charge in [-0.15, -0.1) is 10.2 Å². The molecule has 2 unspecified atom stereocenters. The minimum absolute atomic E-state index is 0.148. The SMILES string of the molecule is CC(NCC1CCOC1)c1nn[nH]n1. The second-order valence-corrected chi connectivity index (χ2v) is 3.63. The van der Waals surface area contributed by atoms with E-state index < -0.39 is 0 Å². The van der Waals surface area contributed by atoms with E-state index >= 15 is 0 Å². The van der Waals surface area contributed by atoms with Crippen LogP contribution >= 0.6 is 0 Å². The van der Waals surface area contributed by atoms with E-state index in [4.69, 9.17) is 4.74 Å². The van der Waals surface area contributed by atoms with Crippen LogP contribution in [0.4, 0.5) is 0 Å². The molecule has 6 heteroatoms. The predicted molar refractivity (Wildman–Crippen MR) is 49.5 cm³/mol. The Morgan fingerprint density at radius 2 is 2.64 bits per heavy atom. The van der Waals surface area contributed by atoms with Crippen molar-refractivity contribution in [2.24, 2.45) is 5.92 Å². The molecule has 78 valence electrons. The van der Waals surface area contributed by atoms with Crippen LogP contribution in [-0.4, -0.2) is 40.4 Å². The Morgan fingerprint density at radius 3 is 3.29 bits per heavy atom. The maximum Gasteiger partial charge on any atom is 0.191 e. The number of tetrazole rings is 1. The van der Waals surface area contributed by atoms with Crippen molar-refractivity contribution in [3.05, 3.63) is 5.82 Å². The first-order valence-corrected chi connectivity index (χ1v) is 4.90. The van der Waals surface area contributed by atoms with Gasteiger partial charge in [-0.2, -0.15) is 5.21 Å². The summed E-state index contributed by atoms with van der Waals surface area (Å²) in [7, 11) is 0. The van der Waals surface area contributed by atoms with Crippen LogP contribution in [0.25, 0.3) is 0 Å². The van der Waals surface area contributed by atoms with Gasteiger partial charge in [-0.3, -0.25) is 0 Å². The van der Waals surface area contributed by atoms with Crippen molar-refractivity contribution in [1.29, 1.82) is 0 Å². The van der Waals surface area contributed by atoms with Crippen molar-refractivity contribution < 1.29 is 4.74 Å². The number of ether oxygens (including phenoxy) is 1. The molecule has 1 aromatic rings. The number of H-pyrrole nitrogens is 1. The molecule has 0 bridgehead atoms. The molecule has 2 heterocycles. The van der Waals surface area contributed by atoms with Gasteiger partial charge >= 0.3 is 0 Å². The molecule has 2 N–H and O–H groups in total. The first-order valence-electron chi connectivity index (χ1n) is 4.90. The summed E-state index contributed by atoms with van der Waals surface area (Å²) in [5.41, 5.74) is 0. The zero-order valence-corrected chi connectivity index (χ0v) is 8.23. The third-order valence-electron chi connectivity index (χ3n) is 2.49. The second kappa shape index (κ2) is 4.47. The maximum atomic E-state index is 5.29. The number of nitrogens with one attached hydrogen (secondary N) is 2. The normalized spacial score (nSPS) is 23.9. The quantitative estimate of drug-likeness (QED) is 0.704. The summed E-state index contributed by atoms with van der Waals surface area (Å²) in [5.74, 6) is 1.34. The first-order chi connectivity index (χ1) is 6.86. The molecule has 0 saturated carbocycles. The summed E-state index contributed by atoms with van der Waals surface area (Å²) < 4.78 is 5.29. The molecule has 6 nitrogen and oxygen atoms in total. The van der Waals surface area contributed by atoms with Gasteiger partial charge in [0.2, 0.25) is 0 Å². The minimum Gasteiger partial charge on any atom is -0.381 e. The largest absolute Gasteiger partial charge is 0.381 e. The van der Waals surface area contributed by atoms with Crippen molar-refractivity contribution in [3.63, 3.8) is 0 Å². The molecule has 1 saturated heterocycles. The van der Waals surface area contributed by atoms with Crippen molar-refractivity contribution in [2.45, 2.75) is 19.4 Å². The lowest BCUT2D eigenvalue weighted by atomic mass is 10.1. The molecule has 1 aromatic heterocycles. The molecular weight excluding hydrogens is 182 g/mol. The molecule has 1 fully saturated rings. The van der Waals surface area contributed by atoms with Gasteiger partial charge in [0.15, 0.2) is 5.82 Å². The van der Waals surface area contributed by atoms with Crippen LogP contribution < -0.4 is 5.32 Å². The Morgan fingerprint density at radius 1 is 1.71 bits per heavy atom. The summed E-state index contributed by atoms with van der Waals surface area (Å²) >= 11 is 0. The van der Waals surface area contributed by atoms with Crippen LogP contribution in [-0.2, 0) is 4.74 Å². The van der Waals surface area contributed by atoms with E-state index in [1.807, 2.05) is 6.92 Å². The van der Waals surface area contributed by atoms with E-state index in [0.717, 1.165) is 26.2 Å². The van der Waals surface area contributed by atoms with Crippen molar-refractivity contribution in [2.75, 3.05) is 19.8 Å². The maximum absolute atomic E-state index is 5.29. The molecule has 0 aromatic carbocycles. The van der Waals surface area contributed by atoms with E-state index in [0.29, 0.717) is 11.7 Å². The molecule has 0 aliphatic carbocycles. The van der Waals surface area contributed by atoms with Gasteiger partial charge in [0.05, 0.1) is 12.6 Å². The highest BCUT2D eigenvalue weighted by Crippen LogP contribution is 2.12. The molecule has 2 rings (SSSR count). The lowest BCUT2D eigenvalue weighted by molar-refractivity contribution is 0.184. The van der Waals surface area contributed by atoms with E-state index in [-0.39, 0.29) is 6.04 Å². The zero-order valence-electron chi connectivity index (χ0n) is 8.23. The number of aromatic amines is 1. The minimum atomic E-state index is 0.148. The molecular formula is C8H15N5O. The predicted octanol–water partition coefficient (Wildman–Crippen LogP) is -0.113. The average Bonchev–Trinajstić information content (AvgIpc) is 2.87. The average molecular weight is 197 g/mol. The zero-order chi connectivity index (χ0) is 9.80. The third-order valence-corrected chi connectivity index (χ3v) is 2.49. The number of hydrogen-bond donors (Lipinski definition) is 2. The Balaban J connectivity index is 1.74. The van der Waals surface area contributed by atoms with Crippen LogP contribution in [0.1, 0.15) is 25.2 Å². The van der Waals surface area contributed by atoms with E-state index in [2.05, 4.69) is 25.9 Å². The van der Waals surface area contributed by atoms with Crippen LogP contribution in [0.3, 0.4) is 0 Å². The number of nitrogens with zero attached hydrogens (tertiary/aromatic N) is 3. The van der Waals surface area contributed by atoms with Crippen LogP contribution in [0.15, 0.2) is 0 Å². The third kappa shape index (κ3) is 2.27. The van der Waals surface area contributed by atoms with Gasteiger partial charge in [0, 0.05) is 13.2 Å². The Bertz CT molecular complexity index is 257. The van der Waals surface area contributed by atoms with Gasteiger partial charge in [0.1, 0.15) is 0 Å². The number of rotatable bonds is 4. The summed E-state index contributed by atoms with van der Waals surface area (Å²) in [6.07, 6.45) is 1.14. The lowest BCUT2D eigenvalue weighted by Gasteiger charge is -2.12. The van der Waals surface area contributed by atoms with Crippen molar-refractivity contribution in [3.8, 4) is 0 Å². The molecule has 0 radical (unpaired) electrons. The standard InChI is InChI=1S/C8H15N5O/c1-6(8-10-12-13-11-8)9-4-7-2-3-14-5-7/h6-7,9H,2-5H2,1H3,(H,10,11,12,13). The summed E-state index contributed by atoms with van der Waals surface area (Å²) in [4.78, 5) is 0. The topological polar surface area (TPSA) is 75.7 Å². The monoisotopic (exact) mass is 197 g/mol.